The van der Waals surface area contributed by atoms with Crippen LogP contribution in [0.1, 0.15) is 21.1 Å². The molecule has 0 aliphatic carbocycles. The summed E-state index contributed by atoms with van der Waals surface area (Å²) in [6.07, 6.45) is 1.67. The lowest BCUT2D eigenvalue weighted by Crippen LogP contribution is -2.08. The highest BCUT2D eigenvalue weighted by molar-refractivity contribution is 7.13. The van der Waals surface area contributed by atoms with Gasteiger partial charge in [-0.05, 0) is 17.9 Å². The van der Waals surface area contributed by atoms with Gasteiger partial charge in [0.2, 0.25) is 0 Å². The molecule has 2 heterocycles. The van der Waals surface area contributed by atoms with Crippen molar-refractivity contribution in [3.05, 3.63) is 33.0 Å². The smallest absolute Gasteiger partial charge is 0.181 e. The Labute approximate surface area is 102 Å². The van der Waals surface area contributed by atoms with Crippen LogP contribution in [0.2, 0.25) is 5.02 Å². The molecule has 6 heteroatoms. The van der Waals surface area contributed by atoms with Gasteiger partial charge in [0.05, 0.1) is 16.3 Å². The van der Waals surface area contributed by atoms with E-state index in [-0.39, 0.29) is 12.2 Å². The minimum Gasteiger partial charge on any atom is -0.293 e. The van der Waals surface area contributed by atoms with Gasteiger partial charge in [0.25, 0.3) is 0 Å². The highest BCUT2D eigenvalue weighted by atomic mass is 35.5. The van der Waals surface area contributed by atoms with Crippen LogP contribution in [0.15, 0.2) is 11.7 Å². The zero-order chi connectivity index (χ0) is 11.7. The van der Waals surface area contributed by atoms with E-state index >= 15 is 0 Å². The van der Waals surface area contributed by atoms with Gasteiger partial charge < -0.3 is 0 Å². The van der Waals surface area contributed by atoms with Crippen molar-refractivity contribution in [2.24, 2.45) is 7.05 Å². The SMILES string of the molecule is Cc1csc(C(=O)Cc2ncnn2C)c1Cl. The second-order valence-electron chi connectivity index (χ2n) is 3.46. The number of aromatic nitrogens is 3. The van der Waals surface area contributed by atoms with E-state index in [9.17, 15) is 4.79 Å². The molecule has 0 atom stereocenters. The number of rotatable bonds is 3. The zero-order valence-corrected chi connectivity index (χ0v) is 10.5. The summed E-state index contributed by atoms with van der Waals surface area (Å²) in [7, 11) is 1.76. The van der Waals surface area contributed by atoms with Crippen LogP contribution in [-0.2, 0) is 13.5 Å². The Morgan fingerprint density at radius 3 is 2.88 bits per heavy atom. The Bertz CT molecular complexity index is 532. The molecule has 4 nitrogen and oxygen atoms in total. The van der Waals surface area contributed by atoms with Gasteiger partial charge in [0.15, 0.2) is 5.78 Å². The Morgan fingerprint density at radius 2 is 2.38 bits per heavy atom. The molecule has 0 radical (unpaired) electrons. The third-order valence-electron chi connectivity index (χ3n) is 2.28. The number of carbonyl (C=O) groups is 1. The predicted octanol–water partition coefficient (Wildman–Crippen LogP) is 2.26. The van der Waals surface area contributed by atoms with Crippen molar-refractivity contribution in [2.45, 2.75) is 13.3 Å². The normalized spacial score (nSPS) is 10.7. The molecular formula is C10H10ClN3OS. The highest BCUT2D eigenvalue weighted by Crippen LogP contribution is 2.28. The van der Waals surface area contributed by atoms with Crippen molar-refractivity contribution in [1.82, 2.24) is 14.8 Å². The maximum absolute atomic E-state index is 11.9. The second-order valence-corrected chi connectivity index (χ2v) is 4.72. The fourth-order valence-corrected chi connectivity index (χ4v) is 2.56. The molecule has 16 heavy (non-hydrogen) atoms. The van der Waals surface area contributed by atoms with E-state index in [4.69, 9.17) is 11.6 Å². The fourth-order valence-electron chi connectivity index (χ4n) is 1.32. The number of thiophene rings is 1. The van der Waals surface area contributed by atoms with Crippen LogP contribution in [-0.4, -0.2) is 20.5 Å². The van der Waals surface area contributed by atoms with Gasteiger partial charge >= 0.3 is 0 Å². The molecule has 0 amide bonds. The third kappa shape index (κ3) is 2.01. The molecule has 0 aliphatic heterocycles. The lowest BCUT2D eigenvalue weighted by Gasteiger charge is -1.99. The lowest BCUT2D eigenvalue weighted by atomic mass is 10.2. The van der Waals surface area contributed by atoms with E-state index in [1.54, 1.807) is 11.7 Å². The van der Waals surface area contributed by atoms with Crippen molar-refractivity contribution in [1.29, 1.82) is 0 Å². The number of aryl methyl sites for hydroxylation is 2. The van der Waals surface area contributed by atoms with Gasteiger partial charge in [-0.1, -0.05) is 11.6 Å². The van der Waals surface area contributed by atoms with Crippen LogP contribution in [0.25, 0.3) is 0 Å². The van der Waals surface area contributed by atoms with Crippen LogP contribution in [0.3, 0.4) is 0 Å². The lowest BCUT2D eigenvalue weighted by molar-refractivity contribution is 0.0993. The van der Waals surface area contributed by atoms with E-state index in [2.05, 4.69) is 10.1 Å². The van der Waals surface area contributed by atoms with Crippen LogP contribution in [0.4, 0.5) is 0 Å². The number of halogens is 1. The fraction of sp³-hybridized carbons (Fsp3) is 0.300. The minimum atomic E-state index is -0.0146. The third-order valence-corrected chi connectivity index (χ3v) is 4.01. The maximum atomic E-state index is 11.9. The first-order valence-electron chi connectivity index (χ1n) is 4.69. The first kappa shape index (κ1) is 11.3. The Kier molecular flexibility index (Phi) is 3.07. The highest BCUT2D eigenvalue weighted by Gasteiger charge is 2.16. The molecule has 2 aromatic heterocycles. The second kappa shape index (κ2) is 4.35. The summed E-state index contributed by atoms with van der Waals surface area (Å²) in [5.74, 6) is 0.631. The number of nitrogens with zero attached hydrogens (tertiary/aromatic N) is 3. The van der Waals surface area contributed by atoms with Gasteiger partial charge in [-0.2, -0.15) is 5.10 Å². The first-order chi connectivity index (χ1) is 7.59. The standard InChI is InChI=1S/C10H10ClN3OS/c1-6-4-16-10(9(6)11)7(15)3-8-12-5-13-14(8)2/h4-5H,3H2,1-2H3. The van der Waals surface area contributed by atoms with Crippen molar-refractivity contribution in [3.8, 4) is 0 Å². The van der Waals surface area contributed by atoms with Gasteiger partial charge in [-0.15, -0.1) is 11.3 Å². The maximum Gasteiger partial charge on any atom is 0.181 e. The van der Waals surface area contributed by atoms with E-state index in [0.29, 0.717) is 15.7 Å². The summed E-state index contributed by atoms with van der Waals surface area (Å²) in [6.45, 7) is 1.89. The number of carbonyl (C=O) groups excluding carboxylic acids is 1. The van der Waals surface area contributed by atoms with Crippen molar-refractivity contribution in [3.63, 3.8) is 0 Å². The molecule has 0 aromatic carbocycles. The summed E-state index contributed by atoms with van der Waals surface area (Å²) in [6, 6.07) is 0. The van der Waals surface area contributed by atoms with Crippen molar-refractivity contribution >= 4 is 28.7 Å². The number of hydrogen-bond acceptors (Lipinski definition) is 4. The van der Waals surface area contributed by atoms with Gasteiger partial charge in [0, 0.05) is 7.05 Å². The minimum absolute atomic E-state index is 0.0146. The summed E-state index contributed by atoms with van der Waals surface area (Å²) >= 11 is 7.40. The molecule has 0 N–H and O–H groups in total. The van der Waals surface area contributed by atoms with Crippen molar-refractivity contribution < 1.29 is 4.79 Å². The van der Waals surface area contributed by atoms with Gasteiger partial charge in [-0.3, -0.25) is 9.48 Å². The van der Waals surface area contributed by atoms with Crippen molar-refractivity contribution in [2.75, 3.05) is 0 Å². The molecule has 0 aliphatic rings. The number of ketones is 1. The largest absolute Gasteiger partial charge is 0.293 e. The quantitative estimate of drug-likeness (QED) is 0.791. The average Bonchev–Trinajstić information content (AvgIpc) is 2.77. The molecule has 2 aromatic rings. The molecule has 0 saturated carbocycles. The van der Waals surface area contributed by atoms with E-state index < -0.39 is 0 Å². The molecule has 2 rings (SSSR count). The van der Waals surface area contributed by atoms with E-state index in [1.807, 2.05) is 12.3 Å². The molecule has 0 spiro atoms. The molecule has 0 saturated heterocycles. The van der Waals surface area contributed by atoms with E-state index in [1.165, 1.54) is 17.7 Å². The summed E-state index contributed by atoms with van der Waals surface area (Å²) in [5, 5.41) is 6.35. The Hall–Kier alpha value is -1.20. The molecular weight excluding hydrogens is 246 g/mol. The molecule has 0 bridgehead atoms. The summed E-state index contributed by atoms with van der Waals surface area (Å²) in [4.78, 5) is 16.6. The predicted molar refractivity (Wildman–Crippen MR) is 63.1 cm³/mol. The summed E-state index contributed by atoms with van der Waals surface area (Å²) < 4.78 is 1.59. The topological polar surface area (TPSA) is 47.8 Å². The molecule has 0 unspecified atom stereocenters. The van der Waals surface area contributed by atoms with Crippen LogP contribution >= 0.6 is 22.9 Å². The molecule has 0 fully saturated rings. The first-order valence-corrected chi connectivity index (χ1v) is 5.95. The van der Waals surface area contributed by atoms with Crippen LogP contribution in [0.5, 0.6) is 0 Å². The Morgan fingerprint density at radius 1 is 1.62 bits per heavy atom. The summed E-state index contributed by atoms with van der Waals surface area (Å²) in [5.41, 5.74) is 0.938. The van der Waals surface area contributed by atoms with Crippen LogP contribution < -0.4 is 0 Å². The molecule has 84 valence electrons. The monoisotopic (exact) mass is 255 g/mol. The van der Waals surface area contributed by atoms with E-state index in [0.717, 1.165) is 5.56 Å². The average molecular weight is 256 g/mol. The Balaban J connectivity index is 2.21. The number of Topliss-reactive ketones (excluding diaryl/α,β-unsaturated/α-hetero) is 1. The van der Waals surface area contributed by atoms with Gasteiger partial charge in [-0.25, -0.2) is 4.98 Å². The van der Waals surface area contributed by atoms with Crippen LogP contribution in [0, 0.1) is 6.92 Å². The zero-order valence-electron chi connectivity index (χ0n) is 8.90. The van der Waals surface area contributed by atoms with Gasteiger partial charge in [0.1, 0.15) is 12.2 Å². The number of hydrogen-bond donors (Lipinski definition) is 0.